The number of hydrogen-bond acceptors (Lipinski definition) is 5. The average Bonchev–Trinajstić information content (AvgIpc) is 2.98. The van der Waals surface area contributed by atoms with Crippen LogP contribution < -0.4 is 5.32 Å². The Kier molecular flexibility index (Phi) is 12.9. The Bertz CT molecular complexity index is 602. The van der Waals surface area contributed by atoms with Gasteiger partial charge in [0.25, 0.3) is 0 Å². The van der Waals surface area contributed by atoms with E-state index in [1.54, 1.807) is 0 Å². The molecule has 3 amide bonds. The highest BCUT2D eigenvalue weighted by atomic mass is 32.2. The Morgan fingerprint density at radius 2 is 1.90 bits per heavy atom. The topological polar surface area (TPSA) is 83.6 Å². The lowest BCUT2D eigenvalue weighted by Gasteiger charge is -2.26. The number of thioether (sulfide) groups is 1. The van der Waals surface area contributed by atoms with E-state index in [9.17, 15) is 19.2 Å². The first-order valence-electron chi connectivity index (χ1n) is 11.0. The fourth-order valence-corrected chi connectivity index (χ4v) is 5.69. The van der Waals surface area contributed by atoms with Gasteiger partial charge in [0.2, 0.25) is 17.7 Å². The quantitative estimate of drug-likeness (QED) is 0.168. The van der Waals surface area contributed by atoms with E-state index in [-0.39, 0.29) is 30.6 Å². The minimum absolute atomic E-state index is 0.0775. The molecule has 168 valence electrons. The second-order valence-corrected chi connectivity index (χ2v) is 11.4. The lowest BCUT2D eigenvalue weighted by atomic mass is 10.0. The zero-order valence-corrected chi connectivity index (χ0v) is 20.4. The molecule has 0 bridgehead atoms. The number of likely N-dealkylation sites (tertiary alicyclic amines) is 1. The molecule has 2 atom stereocenters. The number of imide groups is 1. The van der Waals surface area contributed by atoms with Gasteiger partial charge in [-0.2, -0.15) is 0 Å². The molecular weight excluding hydrogens is 418 g/mol. The number of nitrogens with zero attached hydrogens (tertiary/aromatic N) is 1. The normalized spacial score (nSPS) is 17.3. The van der Waals surface area contributed by atoms with Gasteiger partial charge in [0.1, 0.15) is 0 Å². The molecule has 0 aliphatic carbocycles. The van der Waals surface area contributed by atoms with Gasteiger partial charge in [-0.05, 0) is 37.0 Å². The molecule has 1 fully saturated rings. The third kappa shape index (κ3) is 9.95. The van der Waals surface area contributed by atoms with Crippen molar-refractivity contribution in [2.75, 3.05) is 25.0 Å². The van der Waals surface area contributed by atoms with Crippen molar-refractivity contribution in [1.29, 1.82) is 0 Å². The molecule has 1 rings (SSSR count). The number of carbonyl (C=O) groups excluding carboxylic acids is 4. The van der Waals surface area contributed by atoms with Crippen molar-refractivity contribution in [3.05, 3.63) is 0 Å². The summed E-state index contributed by atoms with van der Waals surface area (Å²) in [6, 6.07) is 0. The van der Waals surface area contributed by atoms with Crippen molar-refractivity contribution >= 4 is 51.6 Å². The largest absolute Gasteiger partial charge is 0.356 e. The molecule has 0 spiro atoms. The second-order valence-electron chi connectivity index (χ2n) is 8.02. The maximum Gasteiger partial charge on any atom is 0.242 e. The van der Waals surface area contributed by atoms with Gasteiger partial charge >= 0.3 is 0 Å². The SMILES string of the molecule is [B]C(=O)CCSC1CC(=O)N(CCCCCC(=O)NCCPC(C)(CC)CC)C1=O. The molecule has 1 aliphatic rings. The Hall–Kier alpha value is -0.875. The molecule has 0 aromatic heterocycles. The van der Waals surface area contributed by atoms with E-state index in [4.69, 9.17) is 7.85 Å². The number of amides is 3. The van der Waals surface area contributed by atoms with Crippen LogP contribution in [0.1, 0.15) is 72.1 Å². The predicted octanol–water partition coefficient (Wildman–Crippen LogP) is 2.87. The van der Waals surface area contributed by atoms with Gasteiger partial charge in [-0.3, -0.25) is 19.3 Å². The van der Waals surface area contributed by atoms with Crippen molar-refractivity contribution in [3.8, 4) is 0 Å². The van der Waals surface area contributed by atoms with Gasteiger partial charge in [0, 0.05) is 38.1 Å². The summed E-state index contributed by atoms with van der Waals surface area (Å²) in [6.45, 7) is 7.90. The summed E-state index contributed by atoms with van der Waals surface area (Å²) in [6.07, 6.45) is 6.52. The van der Waals surface area contributed by atoms with Gasteiger partial charge in [0.05, 0.1) is 10.9 Å². The summed E-state index contributed by atoms with van der Waals surface area (Å²) in [7, 11) is 5.97. The van der Waals surface area contributed by atoms with Gasteiger partial charge in [0.15, 0.2) is 7.85 Å². The number of rotatable bonds is 16. The highest BCUT2D eigenvalue weighted by Gasteiger charge is 2.38. The first kappa shape index (κ1) is 27.2. The summed E-state index contributed by atoms with van der Waals surface area (Å²) in [4.78, 5) is 48.5. The minimum Gasteiger partial charge on any atom is -0.356 e. The van der Waals surface area contributed by atoms with Crippen LogP contribution in [-0.4, -0.2) is 71.6 Å². The van der Waals surface area contributed by atoms with Crippen LogP contribution >= 0.6 is 20.3 Å². The zero-order valence-electron chi connectivity index (χ0n) is 18.6. The van der Waals surface area contributed by atoms with Crippen molar-refractivity contribution in [3.63, 3.8) is 0 Å². The third-order valence-corrected chi connectivity index (χ3v) is 8.99. The smallest absolute Gasteiger partial charge is 0.242 e. The van der Waals surface area contributed by atoms with Crippen LogP contribution in [0.5, 0.6) is 0 Å². The number of carbonyl (C=O) groups is 4. The highest BCUT2D eigenvalue weighted by Crippen LogP contribution is 2.36. The first-order valence-corrected chi connectivity index (χ1v) is 13.2. The fourth-order valence-electron chi connectivity index (χ4n) is 3.21. The Morgan fingerprint density at radius 1 is 1.20 bits per heavy atom. The Balaban J connectivity index is 2.14. The van der Waals surface area contributed by atoms with E-state index in [2.05, 4.69) is 26.1 Å². The van der Waals surface area contributed by atoms with E-state index in [0.29, 0.717) is 30.3 Å². The van der Waals surface area contributed by atoms with Crippen molar-refractivity contribution in [2.45, 2.75) is 82.5 Å². The van der Waals surface area contributed by atoms with Crippen LogP contribution in [0.2, 0.25) is 0 Å². The molecule has 1 saturated heterocycles. The summed E-state index contributed by atoms with van der Waals surface area (Å²) >= 11 is 1.32. The Labute approximate surface area is 188 Å². The van der Waals surface area contributed by atoms with E-state index in [1.165, 1.54) is 29.5 Å². The molecule has 6 nitrogen and oxygen atoms in total. The van der Waals surface area contributed by atoms with Gasteiger partial charge in [-0.15, -0.1) is 20.3 Å². The molecular formula is C21H36BN2O4PS. The third-order valence-electron chi connectivity index (χ3n) is 5.72. The molecule has 1 N–H and O–H groups in total. The maximum atomic E-state index is 12.3. The predicted molar refractivity (Wildman–Crippen MR) is 127 cm³/mol. The minimum atomic E-state index is -0.402. The average molecular weight is 454 g/mol. The molecule has 2 unspecified atom stereocenters. The number of unbranched alkanes of at least 4 members (excludes halogenated alkanes) is 2. The molecule has 0 aromatic carbocycles. The van der Waals surface area contributed by atoms with Gasteiger partial charge < -0.3 is 10.1 Å². The van der Waals surface area contributed by atoms with Crippen LogP contribution in [0.15, 0.2) is 0 Å². The van der Waals surface area contributed by atoms with Crippen LogP contribution in [0.25, 0.3) is 0 Å². The number of hydrogen-bond donors (Lipinski definition) is 1. The zero-order chi connectivity index (χ0) is 22.6. The summed E-state index contributed by atoms with van der Waals surface area (Å²) in [5, 5.41) is 3.00. The van der Waals surface area contributed by atoms with Crippen LogP contribution in [0.3, 0.4) is 0 Å². The fraction of sp³-hybridized carbons (Fsp3) is 0.810. The molecule has 1 aliphatic heterocycles. The van der Waals surface area contributed by atoms with E-state index in [1.807, 2.05) is 0 Å². The first-order chi connectivity index (χ1) is 14.2. The van der Waals surface area contributed by atoms with Gasteiger partial charge in [-0.1, -0.05) is 27.2 Å². The monoisotopic (exact) mass is 454 g/mol. The molecule has 30 heavy (non-hydrogen) atoms. The number of nitrogens with one attached hydrogen (secondary N) is 1. The summed E-state index contributed by atoms with van der Waals surface area (Å²) < 4.78 is 0. The van der Waals surface area contributed by atoms with Crippen molar-refractivity contribution in [2.24, 2.45) is 0 Å². The van der Waals surface area contributed by atoms with Crippen LogP contribution in [0, 0.1) is 0 Å². The van der Waals surface area contributed by atoms with Crippen LogP contribution in [0.4, 0.5) is 0 Å². The summed E-state index contributed by atoms with van der Waals surface area (Å²) in [5.41, 5.74) is -0.402. The van der Waals surface area contributed by atoms with Crippen molar-refractivity contribution in [1.82, 2.24) is 10.2 Å². The Morgan fingerprint density at radius 3 is 2.53 bits per heavy atom. The van der Waals surface area contributed by atoms with E-state index >= 15 is 0 Å². The molecule has 0 aromatic rings. The maximum absolute atomic E-state index is 12.3. The van der Waals surface area contributed by atoms with E-state index < -0.39 is 10.9 Å². The lowest BCUT2D eigenvalue weighted by molar-refractivity contribution is -0.138. The molecule has 0 saturated carbocycles. The van der Waals surface area contributed by atoms with Gasteiger partial charge in [-0.25, -0.2) is 0 Å². The summed E-state index contributed by atoms with van der Waals surface area (Å²) in [5.74, 6) is 0.216. The standard InChI is InChI=1S/C21H36BN2O4PS/c1-4-21(3,5-2)29-13-11-23-18(26)9-7-6-8-12-24-19(27)15-16(20(24)28)30-14-10-17(22)25/h16,29H,4-15H2,1-3H3,(H,23,26). The molecule has 9 heteroatoms. The highest BCUT2D eigenvalue weighted by molar-refractivity contribution is 8.00. The van der Waals surface area contributed by atoms with E-state index in [0.717, 1.165) is 34.1 Å². The second kappa shape index (κ2) is 14.2. The van der Waals surface area contributed by atoms with Crippen molar-refractivity contribution < 1.29 is 19.2 Å². The lowest BCUT2D eigenvalue weighted by Crippen LogP contribution is -2.32. The molecule has 1 heterocycles. The molecule has 2 radical (unpaired) electrons. The van der Waals surface area contributed by atoms with Crippen LogP contribution in [-0.2, 0) is 19.2 Å².